The maximum atomic E-state index is 14.1. The highest BCUT2D eigenvalue weighted by Crippen LogP contribution is 2.37. The van der Waals surface area contributed by atoms with Crippen LogP contribution < -0.4 is 4.74 Å². The zero-order chi connectivity index (χ0) is 20.3. The van der Waals surface area contributed by atoms with Crippen LogP contribution in [0.1, 0.15) is 31.1 Å². The van der Waals surface area contributed by atoms with Crippen molar-refractivity contribution in [3.8, 4) is 5.75 Å². The molecule has 28 heavy (non-hydrogen) atoms. The van der Waals surface area contributed by atoms with Gasteiger partial charge in [0.25, 0.3) is 0 Å². The van der Waals surface area contributed by atoms with Gasteiger partial charge < -0.3 is 4.74 Å². The summed E-state index contributed by atoms with van der Waals surface area (Å²) in [6, 6.07) is 9.76. The van der Waals surface area contributed by atoms with Crippen molar-refractivity contribution < 1.29 is 21.9 Å². The van der Waals surface area contributed by atoms with Crippen molar-refractivity contribution in [2.45, 2.75) is 36.5 Å². The van der Waals surface area contributed by atoms with Crippen LogP contribution in [0.4, 0.5) is 8.78 Å². The Morgan fingerprint density at radius 1 is 1.11 bits per heavy atom. The molecule has 0 saturated carbocycles. The van der Waals surface area contributed by atoms with Gasteiger partial charge in [0.15, 0.2) is 0 Å². The molecule has 0 radical (unpaired) electrons. The van der Waals surface area contributed by atoms with Crippen LogP contribution in [0.25, 0.3) is 0 Å². The minimum Gasteiger partial charge on any atom is -0.491 e. The molecular formula is C20H23F2NO3S2. The van der Waals surface area contributed by atoms with E-state index >= 15 is 0 Å². The van der Waals surface area contributed by atoms with E-state index < -0.39 is 21.7 Å². The van der Waals surface area contributed by atoms with E-state index in [9.17, 15) is 17.2 Å². The second-order valence-corrected chi connectivity index (χ2v) is 10.1. The fraction of sp³-hybridized carbons (Fsp3) is 0.400. The smallest absolute Gasteiger partial charge is 0.243 e. The topological polar surface area (TPSA) is 46.6 Å². The first kappa shape index (κ1) is 21.1. The number of hydrogen-bond acceptors (Lipinski definition) is 4. The number of ether oxygens (including phenoxy) is 1. The van der Waals surface area contributed by atoms with Crippen molar-refractivity contribution in [2.24, 2.45) is 0 Å². The highest BCUT2D eigenvalue weighted by molar-refractivity contribution is 7.99. The Bertz CT molecular complexity index is 918. The number of rotatable bonds is 5. The summed E-state index contributed by atoms with van der Waals surface area (Å²) < 4.78 is 60.5. The highest BCUT2D eigenvalue weighted by atomic mass is 32.2. The van der Waals surface area contributed by atoms with Gasteiger partial charge in [-0.05, 0) is 62.7 Å². The maximum absolute atomic E-state index is 14.1. The lowest BCUT2D eigenvalue weighted by Crippen LogP contribution is -2.33. The number of nitrogens with zero attached hydrogens (tertiary/aromatic N) is 1. The molecule has 1 fully saturated rings. The SMILES string of the molecule is CC(C)Oc1ccc(S(=O)(=O)N2CCSC(c3cc(F)ccc3F)CC2)cc1. The van der Waals surface area contributed by atoms with Crippen LogP contribution in [-0.2, 0) is 10.0 Å². The molecule has 1 aliphatic heterocycles. The fourth-order valence-electron chi connectivity index (χ4n) is 3.11. The Hall–Kier alpha value is -1.64. The molecule has 1 aliphatic rings. The van der Waals surface area contributed by atoms with E-state index in [0.29, 0.717) is 30.0 Å². The van der Waals surface area contributed by atoms with E-state index in [-0.39, 0.29) is 22.8 Å². The van der Waals surface area contributed by atoms with Crippen molar-refractivity contribution in [3.05, 3.63) is 59.7 Å². The van der Waals surface area contributed by atoms with Gasteiger partial charge >= 0.3 is 0 Å². The summed E-state index contributed by atoms with van der Waals surface area (Å²) in [6.45, 7) is 4.37. The van der Waals surface area contributed by atoms with E-state index in [0.717, 1.165) is 12.1 Å². The van der Waals surface area contributed by atoms with Gasteiger partial charge in [-0.3, -0.25) is 0 Å². The van der Waals surface area contributed by atoms with Gasteiger partial charge in [-0.2, -0.15) is 16.1 Å². The van der Waals surface area contributed by atoms with Gasteiger partial charge in [0.2, 0.25) is 10.0 Å². The van der Waals surface area contributed by atoms with Crippen LogP contribution in [0.3, 0.4) is 0 Å². The lowest BCUT2D eigenvalue weighted by atomic mass is 10.1. The number of halogens is 2. The van der Waals surface area contributed by atoms with Gasteiger partial charge in [0, 0.05) is 29.7 Å². The van der Waals surface area contributed by atoms with E-state index in [4.69, 9.17) is 4.74 Å². The minimum atomic E-state index is -3.66. The molecule has 1 unspecified atom stereocenters. The fourth-order valence-corrected chi connectivity index (χ4v) is 5.93. The Morgan fingerprint density at radius 3 is 2.50 bits per heavy atom. The summed E-state index contributed by atoms with van der Waals surface area (Å²) in [5.41, 5.74) is 0.291. The molecular weight excluding hydrogens is 404 g/mol. The Labute approximate surface area is 168 Å². The van der Waals surface area contributed by atoms with Crippen molar-refractivity contribution in [2.75, 3.05) is 18.8 Å². The average molecular weight is 428 g/mol. The third-order valence-corrected chi connectivity index (χ3v) is 7.66. The first-order chi connectivity index (χ1) is 13.3. The summed E-state index contributed by atoms with van der Waals surface area (Å²) >= 11 is 1.45. The van der Waals surface area contributed by atoms with E-state index in [1.165, 1.54) is 34.3 Å². The van der Waals surface area contributed by atoms with Crippen LogP contribution >= 0.6 is 11.8 Å². The van der Waals surface area contributed by atoms with E-state index in [1.54, 1.807) is 12.1 Å². The molecule has 2 aromatic rings. The first-order valence-electron chi connectivity index (χ1n) is 9.11. The quantitative estimate of drug-likeness (QED) is 0.699. The third kappa shape index (κ3) is 4.85. The third-order valence-electron chi connectivity index (χ3n) is 4.44. The highest BCUT2D eigenvalue weighted by Gasteiger charge is 2.29. The molecule has 0 bridgehead atoms. The molecule has 8 heteroatoms. The molecule has 0 amide bonds. The minimum absolute atomic E-state index is 0.00485. The number of hydrogen-bond donors (Lipinski definition) is 0. The molecule has 1 heterocycles. The van der Waals surface area contributed by atoms with Crippen molar-refractivity contribution >= 4 is 21.8 Å². The number of thioether (sulfide) groups is 1. The molecule has 1 atom stereocenters. The maximum Gasteiger partial charge on any atom is 0.243 e. The summed E-state index contributed by atoms with van der Waals surface area (Å²) in [5.74, 6) is 0.168. The first-order valence-corrected chi connectivity index (χ1v) is 11.6. The lowest BCUT2D eigenvalue weighted by molar-refractivity contribution is 0.242. The normalized spacial score (nSPS) is 18.8. The Kier molecular flexibility index (Phi) is 6.62. The zero-order valence-corrected chi connectivity index (χ0v) is 17.4. The van der Waals surface area contributed by atoms with Crippen molar-refractivity contribution in [1.82, 2.24) is 4.31 Å². The average Bonchev–Trinajstić information content (AvgIpc) is 2.90. The van der Waals surface area contributed by atoms with Crippen LogP contribution in [0.5, 0.6) is 5.75 Å². The standard InChI is InChI=1S/C20H23F2NO3S2/c1-14(2)26-16-4-6-17(7-5-16)28(24,25)23-10-9-20(27-12-11-23)18-13-15(21)3-8-19(18)22/h3-8,13-14,20H,9-12H2,1-2H3. The number of sulfonamides is 1. The molecule has 4 nitrogen and oxygen atoms in total. The molecule has 1 saturated heterocycles. The molecule has 0 aromatic heterocycles. The van der Waals surface area contributed by atoms with Crippen LogP contribution in [0.2, 0.25) is 0 Å². The predicted molar refractivity (Wildman–Crippen MR) is 107 cm³/mol. The van der Waals surface area contributed by atoms with Crippen LogP contribution in [0, 0.1) is 11.6 Å². The van der Waals surface area contributed by atoms with Gasteiger partial charge in [0.1, 0.15) is 17.4 Å². The molecule has 152 valence electrons. The summed E-state index contributed by atoms with van der Waals surface area (Å²) in [6.07, 6.45) is 0.420. The van der Waals surface area contributed by atoms with Gasteiger partial charge in [-0.25, -0.2) is 17.2 Å². The Balaban J connectivity index is 1.74. The summed E-state index contributed by atoms with van der Waals surface area (Å²) in [7, 11) is -3.66. The molecule has 3 rings (SSSR count). The second kappa shape index (κ2) is 8.80. The summed E-state index contributed by atoms with van der Waals surface area (Å²) in [5, 5.41) is -0.280. The molecule has 2 aromatic carbocycles. The lowest BCUT2D eigenvalue weighted by Gasteiger charge is -2.20. The molecule has 0 N–H and O–H groups in total. The monoisotopic (exact) mass is 427 g/mol. The Morgan fingerprint density at radius 2 is 1.82 bits per heavy atom. The largest absolute Gasteiger partial charge is 0.491 e. The van der Waals surface area contributed by atoms with Gasteiger partial charge in [0.05, 0.1) is 11.0 Å². The molecule has 0 spiro atoms. The van der Waals surface area contributed by atoms with E-state index in [1.807, 2.05) is 13.8 Å². The van der Waals surface area contributed by atoms with Gasteiger partial charge in [-0.15, -0.1) is 0 Å². The van der Waals surface area contributed by atoms with E-state index in [2.05, 4.69) is 0 Å². The summed E-state index contributed by atoms with van der Waals surface area (Å²) in [4.78, 5) is 0.198. The number of benzene rings is 2. The zero-order valence-electron chi connectivity index (χ0n) is 15.8. The van der Waals surface area contributed by atoms with Gasteiger partial charge in [-0.1, -0.05) is 0 Å². The van der Waals surface area contributed by atoms with Crippen molar-refractivity contribution in [3.63, 3.8) is 0 Å². The van der Waals surface area contributed by atoms with Crippen molar-refractivity contribution in [1.29, 1.82) is 0 Å². The predicted octanol–water partition coefficient (Wildman–Crippen LogP) is 4.62. The second-order valence-electron chi connectivity index (χ2n) is 6.86. The molecule has 0 aliphatic carbocycles. The van der Waals surface area contributed by atoms with Crippen LogP contribution in [0.15, 0.2) is 47.4 Å². The van der Waals surface area contributed by atoms with Crippen LogP contribution in [-0.4, -0.2) is 37.7 Å².